The van der Waals surface area contributed by atoms with Crippen molar-refractivity contribution in [2.24, 2.45) is 0 Å². The third-order valence-corrected chi connectivity index (χ3v) is 3.90. The van der Waals surface area contributed by atoms with Crippen LogP contribution in [0.1, 0.15) is 11.1 Å². The van der Waals surface area contributed by atoms with Gasteiger partial charge >= 0.3 is 0 Å². The van der Waals surface area contributed by atoms with E-state index in [9.17, 15) is 0 Å². The second kappa shape index (κ2) is 8.30. The number of nitrogens with zero attached hydrogens (tertiary/aromatic N) is 2. The summed E-state index contributed by atoms with van der Waals surface area (Å²) in [4.78, 5) is 3.96. The Labute approximate surface area is 161 Å². The molecular formula is C20H16ClN3O3. The van der Waals surface area contributed by atoms with Crippen molar-refractivity contribution >= 4 is 17.4 Å². The fourth-order valence-corrected chi connectivity index (χ4v) is 2.46. The van der Waals surface area contributed by atoms with Gasteiger partial charge in [0, 0.05) is 18.3 Å². The van der Waals surface area contributed by atoms with E-state index in [1.165, 1.54) is 6.20 Å². The first-order valence-corrected chi connectivity index (χ1v) is 8.35. The van der Waals surface area contributed by atoms with Crippen molar-refractivity contribution in [1.29, 1.82) is 5.26 Å². The van der Waals surface area contributed by atoms with Crippen LogP contribution in [0.4, 0.5) is 5.82 Å². The van der Waals surface area contributed by atoms with Gasteiger partial charge in [-0.05, 0) is 29.8 Å². The van der Waals surface area contributed by atoms with Gasteiger partial charge in [0.1, 0.15) is 12.4 Å². The highest BCUT2D eigenvalue weighted by molar-refractivity contribution is 6.30. The molecule has 3 aromatic rings. The first-order chi connectivity index (χ1) is 13.1. The molecule has 0 saturated heterocycles. The molecule has 0 unspecified atom stereocenters. The number of rotatable bonds is 6. The number of nitrogens with two attached hydrogens (primary N) is 1. The van der Waals surface area contributed by atoms with Gasteiger partial charge in [-0.15, -0.1) is 0 Å². The zero-order valence-corrected chi connectivity index (χ0v) is 15.2. The molecule has 0 saturated carbocycles. The summed E-state index contributed by atoms with van der Waals surface area (Å²) in [7, 11) is 1.54. The van der Waals surface area contributed by atoms with Crippen LogP contribution in [0.3, 0.4) is 0 Å². The molecule has 0 aliphatic rings. The fourth-order valence-electron chi connectivity index (χ4n) is 2.31. The first-order valence-electron chi connectivity index (χ1n) is 7.98. The maximum atomic E-state index is 8.84. The molecule has 1 heterocycles. The molecule has 0 amide bonds. The Morgan fingerprint density at radius 1 is 1.07 bits per heavy atom. The molecule has 1 aromatic heterocycles. The Kier molecular flexibility index (Phi) is 5.64. The zero-order valence-electron chi connectivity index (χ0n) is 14.5. The highest BCUT2D eigenvalue weighted by Gasteiger charge is 2.10. The number of hydrogen-bond donors (Lipinski definition) is 1. The summed E-state index contributed by atoms with van der Waals surface area (Å²) in [5, 5.41) is 9.26. The van der Waals surface area contributed by atoms with Crippen molar-refractivity contribution in [3.8, 4) is 29.1 Å². The second-order valence-electron chi connectivity index (χ2n) is 5.55. The summed E-state index contributed by atoms with van der Waals surface area (Å²) < 4.78 is 16.9. The smallest absolute Gasteiger partial charge is 0.170 e. The molecule has 0 spiro atoms. The molecule has 2 aromatic carbocycles. The number of aromatic nitrogens is 1. The number of nitrogen functional groups attached to an aromatic ring is 1. The molecular weight excluding hydrogens is 366 g/mol. The van der Waals surface area contributed by atoms with Crippen molar-refractivity contribution in [2.45, 2.75) is 6.61 Å². The number of hydrogen-bond acceptors (Lipinski definition) is 6. The Balaban J connectivity index is 1.73. The predicted molar refractivity (Wildman–Crippen MR) is 102 cm³/mol. The molecule has 2 N–H and O–H groups in total. The standard InChI is InChI=1S/C20H16ClN3O3/c1-25-18-9-16(27-19-8-15(21)11-24-20(19)23)6-7-17(18)26-12-14-4-2-13(10-22)3-5-14/h2-9,11H,12H2,1H3,(H2,23,24). The van der Waals surface area contributed by atoms with E-state index in [4.69, 9.17) is 36.8 Å². The molecule has 0 bridgehead atoms. The quantitative estimate of drug-likeness (QED) is 0.672. The second-order valence-corrected chi connectivity index (χ2v) is 5.99. The van der Waals surface area contributed by atoms with E-state index in [2.05, 4.69) is 11.1 Å². The molecule has 0 aliphatic carbocycles. The lowest BCUT2D eigenvalue weighted by atomic mass is 10.1. The van der Waals surface area contributed by atoms with Crippen molar-refractivity contribution in [3.05, 3.63) is 70.9 Å². The Morgan fingerprint density at radius 3 is 2.56 bits per heavy atom. The highest BCUT2D eigenvalue weighted by Crippen LogP contribution is 2.35. The van der Waals surface area contributed by atoms with Gasteiger partial charge in [0.15, 0.2) is 23.1 Å². The van der Waals surface area contributed by atoms with Crippen LogP contribution in [0.5, 0.6) is 23.0 Å². The largest absolute Gasteiger partial charge is 0.493 e. The molecule has 3 rings (SSSR count). The summed E-state index contributed by atoms with van der Waals surface area (Å²) in [6.45, 7) is 0.341. The van der Waals surface area contributed by atoms with Gasteiger partial charge in [0.2, 0.25) is 0 Å². The predicted octanol–water partition coefficient (Wildman–Crippen LogP) is 4.57. The number of halogens is 1. The monoisotopic (exact) mass is 381 g/mol. The maximum absolute atomic E-state index is 8.84. The SMILES string of the molecule is COc1cc(Oc2cc(Cl)cnc2N)ccc1OCc1ccc(C#N)cc1. The summed E-state index contributed by atoms with van der Waals surface area (Å²) in [6, 6.07) is 16.0. The summed E-state index contributed by atoms with van der Waals surface area (Å²) in [5.41, 5.74) is 7.34. The molecule has 0 aliphatic heterocycles. The lowest BCUT2D eigenvalue weighted by molar-refractivity contribution is 0.283. The van der Waals surface area contributed by atoms with E-state index in [1.54, 1.807) is 43.5 Å². The number of nitriles is 1. The van der Waals surface area contributed by atoms with Crippen molar-refractivity contribution < 1.29 is 14.2 Å². The van der Waals surface area contributed by atoms with Crippen molar-refractivity contribution in [2.75, 3.05) is 12.8 Å². The average Bonchev–Trinajstić information content (AvgIpc) is 2.70. The Morgan fingerprint density at radius 2 is 1.85 bits per heavy atom. The lowest BCUT2D eigenvalue weighted by Crippen LogP contribution is -1.99. The van der Waals surface area contributed by atoms with Crippen LogP contribution < -0.4 is 19.9 Å². The van der Waals surface area contributed by atoms with E-state index < -0.39 is 0 Å². The van der Waals surface area contributed by atoms with Gasteiger partial charge < -0.3 is 19.9 Å². The Hall–Kier alpha value is -3.43. The van der Waals surface area contributed by atoms with Crippen LogP contribution in [0.25, 0.3) is 0 Å². The molecule has 0 radical (unpaired) electrons. The van der Waals surface area contributed by atoms with Crippen LogP contribution in [0, 0.1) is 11.3 Å². The van der Waals surface area contributed by atoms with Crippen LogP contribution in [0.15, 0.2) is 54.7 Å². The fraction of sp³-hybridized carbons (Fsp3) is 0.100. The van der Waals surface area contributed by atoms with Gasteiger partial charge in [-0.3, -0.25) is 0 Å². The minimum absolute atomic E-state index is 0.236. The average molecular weight is 382 g/mol. The normalized spacial score (nSPS) is 10.1. The van der Waals surface area contributed by atoms with Crippen molar-refractivity contribution in [1.82, 2.24) is 4.98 Å². The van der Waals surface area contributed by atoms with Gasteiger partial charge in [0.05, 0.1) is 23.8 Å². The van der Waals surface area contributed by atoms with Crippen LogP contribution in [-0.4, -0.2) is 12.1 Å². The van der Waals surface area contributed by atoms with E-state index >= 15 is 0 Å². The van der Waals surface area contributed by atoms with Gasteiger partial charge in [-0.25, -0.2) is 4.98 Å². The first kappa shape index (κ1) is 18.4. The molecule has 27 heavy (non-hydrogen) atoms. The van der Waals surface area contributed by atoms with Gasteiger partial charge in [-0.2, -0.15) is 5.26 Å². The molecule has 136 valence electrons. The summed E-state index contributed by atoms with van der Waals surface area (Å²) >= 11 is 5.92. The number of pyridine rings is 1. The Bertz CT molecular complexity index is 985. The summed E-state index contributed by atoms with van der Waals surface area (Å²) in [5.74, 6) is 2.17. The highest BCUT2D eigenvalue weighted by atomic mass is 35.5. The molecule has 7 heteroatoms. The van der Waals surface area contributed by atoms with Crippen LogP contribution >= 0.6 is 11.6 Å². The minimum atomic E-state index is 0.236. The lowest BCUT2D eigenvalue weighted by Gasteiger charge is -2.13. The van der Waals surface area contributed by atoms with E-state index in [1.807, 2.05) is 12.1 Å². The minimum Gasteiger partial charge on any atom is -0.493 e. The third-order valence-electron chi connectivity index (χ3n) is 3.69. The zero-order chi connectivity index (χ0) is 19.2. The van der Waals surface area contributed by atoms with Crippen LogP contribution in [0.2, 0.25) is 5.02 Å². The number of methoxy groups -OCH3 is 1. The molecule has 0 fully saturated rings. The van der Waals surface area contributed by atoms with Crippen molar-refractivity contribution in [3.63, 3.8) is 0 Å². The summed E-state index contributed by atoms with van der Waals surface area (Å²) in [6.07, 6.45) is 1.45. The van der Waals surface area contributed by atoms with E-state index in [0.29, 0.717) is 40.2 Å². The number of ether oxygens (including phenoxy) is 3. The van der Waals surface area contributed by atoms with Gasteiger partial charge in [-0.1, -0.05) is 23.7 Å². The number of anilines is 1. The number of benzene rings is 2. The maximum Gasteiger partial charge on any atom is 0.170 e. The van der Waals surface area contributed by atoms with E-state index in [-0.39, 0.29) is 5.82 Å². The molecule has 6 nitrogen and oxygen atoms in total. The van der Waals surface area contributed by atoms with Gasteiger partial charge in [0.25, 0.3) is 0 Å². The van der Waals surface area contributed by atoms with Crippen LogP contribution in [-0.2, 0) is 6.61 Å². The topological polar surface area (TPSA) is 90.4 Å². The molecule has 0 atom stereocenters. The van der Waals surface area contributed by atoms with E-state index in [0.717, 1.165) is 5.56 Å². The third kappa shape index (κ3) is 4.60.